The van der Waals surface area contributed by atoms with Crippen LogP contribution in [0.5, 0.6) is 0 Å². The van der Waals surface area contributed by atoms with Crippen molar-refractivity contribution in [3.63, 3.8) is 0 Å². The first-order valence-corrected chi connectivity index (χ1v) is 13.6. The Kier molecular flexibility index (Phi) is 8.85. The molecule has 7 nitrogen and oxygen atoms in total. The number of ether oxygens (including phenoxy) is 1. The molecular weight excluding hydrogens is 484 g/mol. The predicted octanol–water partition coefficient (Wildman–Crippen LogP) is 7.83. The third kappa shape index (κ3) is 6.71. The molecule has 2 heterocycles. The molecule has 1 aliphatic carbocycles. The van der Waals surface area contributed by atoms with E-state index in [0.717, 1.165) is 52.7 Å². The zero-order valence-electron chi connectivity index (χ0n) is 21.4. The minimum Gasteiger partial charge on any atom is -0.446 e. The van der Waals surface area contributed by atoms with Crippen LogP contribution >= 0.6 is 11.3 Å². The van der Waals surface area contributed by atoms with Gasteiger partial charge in [-0.05, 0) is 68.5 Å². The summed E-state index contributed by atoms with van der Waals surface area (Å²) < 4.78 is 6.54. The fraction of sp³-hybridized carbons (Fsp3) is 0.310. The van der Waals surface area contributed by atoms with Gasteiger partial charge in [0, 0.05) is 17.3 Å². The molecule has 0 spiro atoms. The number of carbonyl (C=O) groups is 2. The van der Waals surface area contributed by atoms with Crippen LogP contribution in [0.2, 0.25) is 0 Å². The summed E-state index contributed by atoms with van der Waals surface area (Å²) >= 11 is 1.41. The van der Waals surface area contributed by atoms with Crippen LogP contribution in [0.15, 0.2) is 60.8 Å². The number of hydrogen-bond donors (Lipinski definition) is 2. The quantitative estimate of drug-likeness (QED) is 0.282. The molecule has 2 aromatic heterocycles. The van der Waals surface area contributed by atoms with Gasteiger partial charge in [-0.3, -0.25) is 20.4 Å². The summed E-state index contributed by atoms with van der Waals surface area (Å²) in [7, 11) is 0. The molecule has 1 fully saturated rings. The highest BCUT2D eigenvalue weighted by atomic mass is 32.1. The van der Waals surface area contributed by atoms with E-state index < -0.39 is 6.09 Å². The van der Waals surface area contributed by atoms with Gasteiger partial charge in [-0.1, -0.05) is 55.9 Å². The number of benzene rings is 2. The minimum absolute atomic E-state index is 0.00879. The Morgan fingerprint density at radius 2 is 1.70 bits per heavy atom. The van der Waals surface area contributed by atoms with Crippen molar-refractivity contribution in [2.45, 2.75) is 59.0 Å². The van der Waals surface area contributed by atoms with Gasteiger partial charge in [0.1, 0.15) is 6.10 Å². The SMILES string of the molecule is CC.Cc1ncc(-c2ccc3nc(NC(=O)c4ccccc4)sc3c2)cc1NC(=O)OC1CCCCC1. The average Bonchev–Trinajstić information content (AvgIpc) is 3.33. The summed E-state index contributed by atoms with van der Waals surface area (Å²) in [6.07, 6.45) is 6.60. The van der Waals surface area contributed by atoms with Crippen molar-refractivity contribution in [1.29, 1.82) is 0 Å². The number of hydrogen-bond acceptors (Lipinski definition) is 6. The second-order valence-electron chi connectivity index (χ2n) is 8.67. The van der Waals surface area contributed by atoms with Gasteiger partial charge in [0.2, 0.25) is 0 Å². The molecule has 192 valence electrons. The normalized spacial score (nSPS) is 13.4. The molecule has 2 aromatic carbocycles. The molecule has 1 saturated carbocycles. The van der Waals surface area contributed by atoms with Gasteiger partial charge in [0.25, 0.3) is 5.91 Å². The second-order valence-corrected chi connectivity index (χ2v) is 9.70. The molecule has 0 atom stereocenters. The Morgan fingerprint density at radius 1 is 0.946 bits per heavy atom. The van der Waals surface area contributed by atoms with E-state index in [-0.39, 0.29) is 12.0 Å². The van der Waals surface area contributed by atoms with Crippen LogP contribution in [0, 0.1) is 6.92 Å². The summed E-state index contributed by atoms with van der Waals surface area (Å²) in [5.74, 6) is -0.191. The standard InChI is InChI=1S/C27H26N4O3S.C2H6/c1-17-23(30-27(33)34-21-10-6-3-7-11-21)14-20(16-28-17)19-12-13-22-24(15-19)35-26(29-22)31-25(32)18-8-4-2-5-9-18;1-2/h2,4-5,8-9,12-16,21H,3,6-7,10-11H2,1H3,(H,30,33)(H,29,31,32);1-2H3. The Hall–Kier alpha value is -3.78. The van der Waals surface area contributed by atoms with Crippen molar-refractivity contribution in [1.82, 2.24) is 9.97 Å². The Labute approximate surface area is 221 Å². The van der Waals surface area contributed by atoms with Crippen molar-refractivity contribution in [2.75, 3.05) is 10.6 Å². The summed E-state index contributed by atoms with van der Waals surface area (Å²) in [5.41, 5.74) is 4.55. The molecule has 1 aliphatic rings. The number of pyridine rings is 1. The number of anilines is 2. The lowest BCUT2D eigenvalue weighted by Crippen LogP contribution is -2.24. The van der Waals surface area contributed by atoms with Crippen LogP contribution in [0.1, 0.15) is 62.0 Å². The van der Waals surface area contributed by atoms with E-state index >= 15 is 0 Å². The summed E-state index contributed by atoms with van der Waals surface area (Å²) in [6.45, 7) is 5.86. The molecule has 0 aliphatic heterocycles. The van der Waals surface area contributed by atoms with Gasteiger partial charge in [0.05, 0.1) is 21.6 Å². The number of aromatic nitrogens is 2. The van der Waals surface area contributed by atoms with E-state index in [9.17, 15) is 9.59 Å². The number of carbonyl (C=O) groups excluding carboxylic acids is 2. The zero-order valence-corrected chi connectivity index (χ0v) is 22.2. The van der Waals surface area contributed by atoms with Gasteiger partial charge in [0.15, 0.2) is 5.13 Å². The Balaban J connectivity index is 0.00000156. The molecule has 8 heteroatoms. The largest absolute Gasteiger partial charge is 0.446 e. The zero-order chi connectivity index (χ0) is 26.2. The lowest BCUT2D eigenvalue weighted by atomic mass is 9.98. The summed E-state index contributed by atoms with van der Waals surface area (Å²) in [5, 5.41) is 6.28. The monoisotopic (exact) mass is 516 g/mol. The van der Waals surface area contributed by atoms with Crippen LogP contribution in [0.25, 0.3) is 21.3 Å². The van der Waals surface area contributed by atoms with E-state index in [1.165, 1.54) is 17.8 Å². The highest BCUT2D eigenvalue weighted by Gasteiger charge is 2.18. The van der Waals surface area contributed by atoms with Crippen molar-refractivity contribution in [3.05, 3.63) is 72.1 Å². The maximum Gasteiger partial charge on any atom is 0.411 e. The Morgan fingerprint density at radius 3 is 2.46 bits per heavy atom. The predicted molar refractivity (Wildman–Crippen MR) is 150 cm³/mol. The molecule has 0 unspecified atom stereocenters. The second kappa shape index (κ2) is 12.5. The molecule has 0 radical (unpaired) electrons. The lowest BCUT2D eigenvalue weighted by Gasteiger charge is -2.22. The van der Waals surface area contributed by atoms with Crippen molar-refractivity contribution in [2.24, 2.45) is 0 Å². The number of aryl methyl sites for hydroxylation is 1. The van der Waals surface area contributed by atoms with E-state index in [2.05, 4.69) is 20.6 Å². The van der Waals surface area contributed by atoms with Gasteiger partial charge in [-0.15, -0.1) is 0 Å². The van der Waals surface area contributed by atoms with E-state index in [0.29, 0.717) is 16.4 Å². The van der Waals surface area contributed by atoms with Gasteiger partial charge < -0.3 is 4.74 Å². The molecular formula is C29H32N4O3S. The maximum atomic E-state index is 12.5. The topological polar surface area (TPSA) is 93.2 Å². The summed E-state index contributed by atoms with van der Waals surface area (Å²) in [6, 6.07) is 16.9. The number of thiazole rings is 1. The van der Waals surface area contributed by atoms with Crippen molar-refractivity contribution >= 4 is 44.4 Å². The molecule has 5 rings (SSSR count). The minimum atomic E-state index is -0.435. The fourth-order valence-electron chi connectivity index (χ4n) is 4.21. The van der Waals surface area contributed by atoms with E-state index in [4.69, 9.17) is 4.74 Å². The first-order valence-electron chi connectivity index (χ1n) is 12.8. The number of fused-ring (bicyclic) bond motifs is 1. The van der Waals surface area contributed by atoms with Crippen LogP contribution in [0.3, 0.4) is 0 Å². The van der Waals surface area contributed by atoms with E-state index in [1.807, 2.05) is 63.2 Å². The van der Waals surface area contributed by atoms with Crippen molar-refractivity contribution < 1.29 is 14.3 Å². The van der Waals surface area contributed by atoms with Gasteiger partial charge in [-0.25, -0.2) is 9.78 Å². The van der Waals surface area contributed by atoms with Crippen molar-refractivity contribution in [3.8, 4) is 11.1 Å². The molecule has 2 amide bonds. The third-order valence-electron chi connectivity index (χ3n) is 6.13. The highest BCUT2D eigenvalue weighted by molar-refractivity contribution is 7.22. The fourth-order valence-corrected chi connectivity index (χ4v) is 5.11. The number of rotatable bonds is 5. The first-order chi connectivity index (χ1) is 18.0. The Bertz CT molecular complexity index is 1360. The van der Waals surface area contributed by atoms with Crippen LogP contribution < -0.4 is 10.6 Å². The third-order valence-corrected chi connectivity index (χ3v) is 7.06. The molecule has 37 heavy (non-hydrogen) atoms. The average molecular weight is 517 g/mol. The first kappa shape index (κ1) is 26.3. The molecule has 0 saturated heterocycles. The molecule has 0 bridgehead atoms. The van der Waals surface area contributed by atoms with E-state index in [1.54, 1.807) is 18.3 Å². The highest BCUT2D eigenvalue weighted by Crippen LogP contribution is 2.32. The molecule has 4 aromatic rings. The van der Waals surface area contributed by atoms with Gasteiger partial charge >= 0.3 is 6.09 Å². The lowest BCUT2D eigenvalue weighted by molar-refractivity contribution is 0.0864. The van der Waals surface area contributed by atoms with Crippen LogP contribution in [-0.4, -0.2) is 28.1 Å². The molecule has 2 N–H and O–H groups in total. The van der Waals surface area contributed by atoms with Crippen LogP contribution in [-0.2, 0) is 4.74 Å². The smallest absolute Gasteiger partial charge is 0.411 e. The van der Waals surface area contributed by atoms with Gasteiger partial charge in [-0.2, -0.15) is 0 Å². The number of nitrogens with one attached hydrogen (secondary N) is 2. The number of nitrogens with zero attached hydrogens (tertiary/aromatic N) is 2. The number of amides is 2. The summed E-state index contributed by atoms with van der Waals surface area (Å²) in [4.78, 5) is 33.9. The van der Waals surface area contributed by atoms with Crippen LogP contribution in [0.4, 0.5) is 15.6 Å². The maximum absolute atomic E-state index is 12.5.